The van der Waals surface area contributed by atoms with Crippen LogP contribution < -0.4 is 10.1 Å². The predicted octanol–water partition coefficient (Wildman–Crippen LogP) is 3.69. The number of aromatic nitrogens is 2. The molecule has 7 heteroatoms. The SMILES string of the molecule is CNC(=O)/C(=N/OC)c1ccccc1COc1c(C)c(-c2ccc(C)cc2C)nn1C. The molecule has 3 aromatic rings. The highest BCUT2D eigenvalue weighted by Crippen LogP contribution is 2.32. The molecule has 0 spiro atoms. The van der Waals surface area contributed by atoms with E-state index in [2.05, 4.69) is 42.5 Å². The number of nitrogens with one attached hydrogen (secondary N) is 1. The summed E-state index contributed by atoms with van der Waals surface area (Å²) in [6.07, 6.45) is 0. The van der Waals surface area contributed by atoms with E-state index < -0.39 is 0 Å². The van der Waals surface area contributed by atoms with Crippen LogP contribution in [0.15, 0.2) is 47.6 Å². The van der Waals surface area contributed by atoms with E-state index in [9.17, 15) is 4.79 Å². The molecule has 0 fully saturated rings. The van der Waals surface area contributed by atoms with Gasteiger partial charge in [0.05, 0.1) is 5.69 Å². The van der Waals surface area contributed by atoms with Gasteiger partial charge in [-0.05, 0) is 31.9 Å². The Morgan fingerprint density at radius 1 is 1.16 bits per heavy atom. The lowest BCUT2D eigenvalue weighted by molar-refractivity contribution is -0.114. The number of hydrogen-bond acceptors (Lipinski definition) is 5. The van der Waals surface area contributed by atoms with Crippen LogP contribution in [0.4, 0.5) is 0 Å². The summed E-state index contributed by atoms with van der Waals surface area (Å²) in [5.74, 6) is 0.345. The van der Waals surface area contributed by atoms with Gasteiger partial charge in [0.1, 0.15) is 13.7 Å². The lowest BCUT2D eigenvalue weighted by Gasteiger charge is -2.12. The average Bonchev–Trinajstić information content (AvgIpc) is 3.03. The minimum Gasteiger partial charge on any atom is -0.473 e. The van der Waals surface area contributed by atoms with Gasteiger partial charge < -0.3 is 14.9 Å². The van der Waals surface area contributed by atoms with E-state index in [1.54, 1.807) is 11.7 Å². The van der Waals surface area contributed by atoms with Gasteiger partial charge in [0, 0.05) is 30.8 Å². The van der Waals surface area contributed by atoms with Gasteiger partial charge in [0.15, 0.2) is 5.71 Å². The van der Waals surface area contributed by atoms with Crippen molar-refractivity contribution >= 4 is 11.6 Å². The smallest absolute Gasteiger partial charge is 0.273 e. The summed E-state index contributed by atoms with van der Waals surface area (Å²) in [5, 5.41) is 11.2. The molecule has 0 atom stereocenters. The van der Waals surface area contributed by atoms with E-state index in [-0.39, 0.29) is 18.2 Å². The second-order valence-electron chi connectivity index (χ2n) is 7.37. The van der Waals surface area contributed by atoms with E-state index in [1.807, 2.05) is 38.2 Å². The lowest BCUT2D eigenvalue weighted by Crippen LogP contribution is -2.29. The van der Waals surface area contributed by atoms with Gasteiger partial charge in [-0.2, -0.15) is 5.10 Å². The van der Waals surface area contributed by atoms with Gasteiger partial charge in [0.25, 0.3) is 5.91 Å². The third-order valence-corrected chi connectivity index (χ3v) is 5.12. The molecule has 31 heavy (non-hydrogen) atoms. The number of carbonyl (C=O) groups is 1. The van der Waals surface area contributed by atoms with Crippen LogP contribution in [0.25, 0.3) is 11.3 Å². The van der Waals surface area contributed by atoms with Crippen molar-refractivity contribution in [3.05, 3.63) is 70.3 Å². The van der Waals surface area contributed by atoms with Crippen molar-refractivity contribution in [3.8, 4) is 17.1 Å². The van der Waals surface area contributed by atoms with E-state index in [0.29, 0.717) is 11.4 Å². The normalized spacial score (nSPS) is 11.4. The molecule has 1 aromatic heterocycles. The van der Waals surface area contributed by atoms with Crippen molar-refractivity contribution in [2.24, 2.45) is 12.2 Å². The molecular weight excluding hydrogens is 392 g/mol. The first-order valence-corrected chi connectivity index (χ1v) is 10.0. The van der Waals surface area contributed by atoms with E-state index in [1.165, 1.54) is 18.2 Å². The lowest BCUT2D eigenvalue weighted by atomic mass is 10.0. The standard InChI is InChI=1S/C24H28N4O3/c1-15-11-12-19(16(2)13-15)21-17(3)24(28(5)26-21)31-14-18-9-7-8-10-20(18)22(27-30-6)23(29)25-4/h7-13H,14H2,1-6H3,(H,25,29)/b27-22+. The minimum absolute atomic E-state index is 0.196. The Morgan fingerprint density at radius 3 is 2.58 bits per heavy atom. The molecule has 162 valence electrons. The van der Waals surface area contributed by atoms with E-state index in [0.717, 1.165) is 22.4 Å². The Labute approximate surface area is 182 Å². The third kappa shape index (κ3) is 4.60. The van der Waals surface area contributed by atoms with Crippen LogP contribution in [0.2, 0.25) is 0 Å². The average molecular weight is 421 g/mol. The zero-order valence-electron chi connectivity index (χ0n) is 18.8. The molecule has 0 aliphatic heterocycles. The number of amides is 1. The number of carbonyl (C=O) groups excluding carboxylic acids is 1. The summed E-state index contributed by atoms with van der Waals surface area (Å²) in [4.78, 5) is 17.2. The summed E-state index contributed by atoms with van der Waals surface area (Å²) in [5.41, 5.74) is 7.00. The molecular formula is C24H28N4O3. The first-order chi connectivity index (χ1) is 14.9. The zero-order valence-corrected chi connectivity index (χ0v) is 18.8. The Bertz CT molecular complexity index is 1130. The Morgan fingerprint density at radius 2 is 1.90 bits per heavy atom. The first-order valence-electron chi connectivity index (χ1n) is 10.0. The quantitative estimate of drug-likeness (QED) is 0.467. The number of rotatable bonds is 7. The van der Waals surface area contributed by atoms with E-state index >= 15 is 0 Å². The van der Waals surface area contributed by atoms with Crippen LogP contribution >= 0.6 is 0 Å². The largest absolute Gasteiger partial charge is 0.473 e. The van der Waals surface area contributed by atoms with Crippen LogP contribution in [-0.2, 0) is 23.3 Å². The predicted molar refractivity (Wildman–Crippen MR) is 121 cm³/mol. The van der Waals surface area contributed by atoms with Gasteiger partial charge in [0.2, 0.25) is 5.88 Å². The molecule has 0 aliphatic carbocycles. The van der Waals surface area contributed by atoms with Gasteiger partial charge in [-0.1, -0.05) is 53.2 Å². The third-order valence-electron chi connectivity index (χ3n) is 5.12. The second-order valence-corrected chi connectivity index (χ2v) is 7.37. The summed E-state index contributed by atoms with van der Waals surface area (Å²) in [6, 6.07) is 13.8. The molecule has 0 unspecified atom stereocenters. The maximum absolute atomic E-state index is 12.3. The highest BCUT2D eigenvalue weighted by molar-refractivity contribution is 6.45. The first kappa shape index (κ1) is 22.1. The number of oxime groups is 1. The van der Waals surface area contributed by atoms with E-state index in [4.69, 9.17) is 14.7 Å². The molecule has 3 rings (SSSR count). The molecule has 0 radical (unpaired) electrons. The minimum atomic E-state index is -0.330. The summed E-state index contributed by atoms with van der Waals surface area (Å²) < 4.78 is 7.92. The van der Waals surface area contributed by atoms with Crippen molar-refractivity contribution in [1.29, 1.82) is 0 Å². The molecule has 1 heterocycles. The van der Waals surface area contributed by atoms with Crippen molar-refractivity contribution in [3.63, 3.8) is 0 Å². The van der Waals surface area contributed by atoms with Crippen molar-refractivity contribution in [1.82, 2.24) is 15.1 Å². The van der Waals surface area contributed by atoms with Crippen LogP contribution in [0.5, 0.6) is 5.88 Å². The molecule has 0 aliphatic rings. The fourth-order valence-corrected chi connectivity index (χ4v) is 3.60. The molecule has 2 aromatic carbocycles. The number of hydrogen-bond donors (Lipinski definition) is 1. The Kier molecular flexibility index (Phi) is 6.74. The van der Waals surface area contributed by atoms with Gasteiger partial charge in [-0.3, -0.25) is 4.79 Å². The number of likely N-dealkylation sites (N-methyl/N-ethyl adjacent to an activating group) is 1. The summed E-state index contributed by atoms with van der Waals surface area (Å²) >= 11 is 0. The summed E-state index contributed by atoms with van der Waals surface area (Å²) in [7, 11) is 4.83. The maximum Gasteiger partial charge on any atom is 0.273 e. The number of benzene rings is 2. The maximum atomic E-state index is 12.3. The zero-order chi connectivity index (χ0) is 22.5. The second kappa shape index (κ2) is 9.47. The molecule has 1 N–H and O–H groups in total. The molecule has 7 nitrogen and oxygen atoms in total. The van der Waals surface area contributed by atoms with Crippen LogP contribution in [0.3, 0.4) is 0 Å². The molecule has 1 amide bonds. The molecule has 0 saturated carbocycles. The van der Waals surface area contributed by atoms with Gasteiger partial charge >= 0.3 is 0 Å². The van der Waals surface area contributed by atoms with Gasteiger partial charge in [-0.25, -0.2) is 4.68 Å². The van der Waals surface area contributed by atoms with Crippen LogP contribution in [0.1, 0.15) is 27.8 Å². The highest BCUT2D eigenvalue weighted by Gasteiger charge is 2.20. The monoisotopic (exact) mass is 420 g/mol. The van der Waals surface area contributed by atoms with Crippen LogP contribution in [0, 0.1) is 20.8 Å². The number of ether oxygens (including phenoxy) is 1. The number of aryl methyl sites for hydroxylation is 3. The Hall–Kier alpha value is -3.61. The number of nitrogens with zero attached hydrogens (tertiary/aromatic N) is 3. The summed E-state index contributed by atoms with van der Waals surface area (Å²) in [6.45, 7) is 6.42. The fraction of sp³-hybridized carbons (Fsp3) is 0.292. The van der Waals surface area contributed by atoms with Crippen LogP contribution in [-0.4, -0.2) is 35.6 Å². The topological polar surface area (TPSA) is 77.7 Å². The molecule has 0 saturated heterocycles. The van der Waals surface area contributed by atoms with Gasteiger partial charge in [-0.15, -0.1) is 0 Å². The van der Waals surface area contributed by atoms with Crippen molar-refractivity contribution in [2.45, 2.75) is 27.4 Å². The van der Waals surface area contributed by atoms with Crippen molar-refractivity contribution in [2.75, 3.05) is 14.2 Å². The fourth-order valence-electron chi connectivity index (χ4n) is 3.60. The Balaban J connectivity index is 1.92. The molecule has 0 bridgehead atoms. The van der Waals surface area contributed by atoms with Crippen molar-refractivity contribution < 1.29 is 14.4 Å². The highest BCUT2D eigenvalue weighted by atomic mass is 16.6.